The van der Waals surface area contributed by atoms with E-state index in [-0.39, 0.29) is 11.4 Å². The number of aromatic nitrogens is 2. The fourth-order valence-corrected chi connectivity index (χ4v) is 3.76. The average molecular weight is 503 g/mol. The Bertz CT molecular complexity index is 1420. The monoisotopic (exact) mass is 503 g/mol. The predicted molar refractivity (Wildman–Crippen MR) is 108 cm³/mol. The summed E-state index contributed by atoms with van der Waals surface area (Å²) in [7, 11) is 1.31. The van der Waals surface area contributed by atoms with Gasteiger partial charge in [0.25, 0.3) is 11.4 Å². The number of anilines is 1. The van der Waals surface area contributed by atoms with E-state index in [4.69, 9.17) is 4.74 Å². The van der Waals surface area contributed by atoms with Crippen LogP contribution in [0.25, 0.3) is 5.69 Å². The van der Waals surface area contributed by atoms with Crippen molar-refractivity contribution in [2.75, 3.05) is 12.4 Å². The maximum Gasteiger partial charge on any atom is 0.446 e. The number of fused-ring (bicyclic) bond motifs is 1. The van der Waals surface area contributed by atoms with Gasteiger partial charge in [-0.3, -0.25) is 9.78 Å². The van der Waals surface area contributed by atoms with Gasteiger partial charge in [-0.2, -0.15) is 26.3 Å². The van der Waals surface area contributed by atoms with Crippen molar-refractivity contribution in [1.29, 1.82) is 0 Å². The lowest BCUT2D eigenvalue weighted by atomic mass is 9.87. The molecule has 0 saturated heterocycles. The van der Waals surface area contributed by atoms with Crippen LogP contribution in [0.3, 0.4) is 0 Å². The molecule has 0 fully saturated rings. The first-order valence-corrected chi connectivity index (χ1v) is 9.66. The highest BCUT2D eigenvalue weighted by atomic mass is 19.4. The van der Waals surface area contributed by atoms with E-state index in [0.29, 0.717) is 4.57 Å². The van der Waals surface area contributed by atoms with Gasteiger partial charge in [0.05, 0.1) is 18.4 Å². The van der Waals surface area contributed by atoms with Gasteiger partial charge in [-0.25, -0.2) is 24.1 Å². The first-order valence-electron chi connectivity index (χ1n) is 9.66. The summed E-state index contributed by atoms with van der Waals surface area (Å²) in [6, 6.07) is 9.04. The van der Waals surface area contributed by atoms with Gasteiger partial charge in [0, 0.05) is 0 Å². The van der Waals surface area contributed by atoms with Crippen LogP contribution in [0.15, 0.2) is 58.1 Å². The standard InChI is InChI=1S/C21H13F7N4O3/c1-35-11-8-6-10(7-9-11)32-16-14(17(33)30-18(32)34)19(20(23,24)25,21(26,27)28)31-15(29-16)12-4-2-3-5-13(12)22/h2-9H,1H3,(H,29,31)(H,30,33,34)/p+1. The third-order valence-corrected chi connectivity index (χ3v) is 5.37. The molecule has 4 rings (SSSR count). The van der Waals surface area contributed by atoms with Crippen LogP contribution in [-0.4, -0.2) is 34.8 Å². The predicted octanol–water partition coefficient (Wildman–Crippen LogP) is 1.95. The molecule has 35 heavy (non-hydrogen) atoms. The minimum atomic E-state index is -6.16. The fourth-order valence-electron chi connectivity index (χ4n) is 3.76. The summed E-state index contributed by atoms with van der Waals surface area (Å²) >= 11 is 0. The number of alkyl halides is 6. The van der Waals surface area contributed by atoms with Gasteiger partial charge in [0.1, 0.15) is 17.1 Å². The number of hydrogen-bond acceptors (Lipinski definition) is 4. The number of ether oxygens (including phenoxy) is 1. The molecule has 1 aromatic heterocycles. The number of amidine groups is 1. The van der Waals surface area contributed by atoms with Crippen molar-refractivity contribution >= 4 is 11.7 Å². The minimum absolute atomic E-state index is 0.205. The quantitative estimate of drug-likeness (QED) is 0.477. The van der Waals surface area contributed by atoms with E-state index in [2.05, 4.69) is 5.32 Å². The van der Waals surface area contributed by atoms with Gasteiger partial charge in [-0.1, -0.05) is 12.1 Å². The molecule has 0 amide bonds. The topological polar surface area (TPSA) is 90.1 Å². The third kappa shape index (κ3) is 3.65. The van der Waals surface area contributed by atoms with Crippen molar-refractivity contribution in [3.05, 3.63) is 86.3 Å². The summed E-state index contributed by atoms with van der Waals surface area (Å²) in [6.45, 7) is 0. The highest BCUT2D eigenvalue weighted by Crippen LogP contribution is 2.48. The van der Waals surface area contributed by atoms with Crippen molar-refractivity contribution in [2.24, 2.45) is 0 Å². The Morgan fingerprint density at radius 3 is 2.09 bits per heavy atom. The van der Waals surface area contributed by atoms with Crippen LogP contribution in [0.2, 0.25) is 0 Å². The molecule has 7 nitrogen and oxygen atoms in total. The third-order valence-electron chi connectivity index (χ3n) is 5.37. The van der Waals surface area contributed by atoms with Crippen LogP contribution in [0.5, 0.6) is 5.75 Å². The van der Waals surface area contributed by atoms with Gasteiger partial charge in [-0.05, 0) is 36.4 Å². The zero-order valence-electron chi connectivity index (χ0n) is 17.4. The molecule has 1 aliphatic rings. The normalized spacial score (nSPS) is 15.1. The molecule has 0 unspecified atom stereocenters. The maximum atomic E-state index is 14.4. The van der Waals surface area contributed by atoms with Crippen LogP contribution in [-0.2, 0) is 5.54 Å². The van der Waals surface area contributed by atoms with Crippen molar-refractivity contribution in [1.82, 2.24) is 9.55 Å². The second-order valence-electron chi connectivity index (χ2n) is 7.37. The molecule has 0 radical (unpaired) electrons. The molecule has 14 heteroatoms. The lowest BCUT2D eigenvalue weighted by molar-refractivity contribution is -0.658. The van der Waals surface area contributed by atoms with Gasteiger partial charge >= 0.3 is 23.6 Å². The lowest BCUT2D eigenvalue weighted by Gasteiger charge is -2.35. The molecule has 3 aromatic rings. The number of halogens is 7. The molecule has 2 aromatic carbocycles. The highest BCUT2D eigenvalue weighted by molar-refractivity contribution is 6.05. The van der Waals surface area contributed by atoms with Crippen LogP contribution in [0.1, 0.15) is 11.1 Å². The molecule has 0 spiro atoms. The SMILES string of the molecule is COc1ccc(-n2c3c(c(=O)[nH]c2=O)C(C(F)(F)F)(C(F)(F)F)[NH+]=C(c2ccccc2F)N3)cc1. The number of hydrogen-bond donors (Lipinski definition) is 3. The number of nitrogens with zero attached hydrogens (tertiary/aromatic N) is 1. The number of benzene rings is 2. The highest BCUT2D eigenvalue weighted by Gasteiger charge is 2.78. The summed E-state index contributed by atoms with van der Waals surface area (Å²) in [6.07, 6.45) is -12.3. The van der Waals surface area contributed by atoms with E-state index in [0.717, 1.165) is 12.1 Å². The molecule has 184 valence electrons. The minimum Gasteiger partial charge on any atom is -0.497 e. The summed E-state index contributed by atoms with van der Waals surface area (Å²) < 4.78 is 106. The molecule has 1 aliphatic heterocycles. The van der Waals surface area contributed by atoms with Crippen molar-refractivity contribution < 1.29 is 40.5 Å². The Kier molecular flexibility index (Phi) is 5.49. The summed E-state index contributed by atoms with van der Waals surface area (Å²) in [5, 5.41) is 2.21. The number of methoxy groups -OCH3 is 1. The van der Waals surface area contributed by atoms with E-state index < -0.39 is 57.7 Å². The summed E-state index contributed by atoms with van der Waals surface area (Å²) in [5.41, 5.74) is -11.0. The van der Waals surface area contributed by atoms with E-state index in [1.54, 1.807) is 0 Å². The summed E-state index contributed by atoms with van der Waals surface area (Å²) in [5.74, 6) is -3.09. The lowest BCUT2D eigenvalue weighted by Crippen LogP contribution is -2.97. The molecule has 0 aliphatic carbocycles. The van der Waals surface area contributed by atoms with E-state index in [1.165, 1.54) is 53.5 Å². The number of aromatic amines is 1. The Hall–Kier alpha value is -4.10. The van der Waals surface area contributed by atoms with E-state index in [9.17, 15) is 40.3 Å². The molecule has 2 heterocycles. The molecule has 3 N–H and O–H groups in total. The number of H-pyrrole nitrogens is 1. The first-order chi connectivity index (χ1) is 16.3. The molecule has 0 atom stereocenters. The number of rotatable bonds is 3. The zero-order valence-corrected chi connectivity index (χ0v) is 17.4. The Morgan fingerprint density at radius 1 is 0.943 bits per heavy atom. The van der Waals surface area contributed by atoms with Gasteiger partial charge in [0.15, 0.2) is 0 Å². The Balaban J connectivity index is 2.17. The van der Waals surface area contributed by atoms with Crippen molar-refractivity contribution in [3.8, 4) is 11.4 Å². The van der Waals surface area contributed by atoms with Gasteiger partial charge < -0.3 is 4.74 Å². The molecular formula is C21H14F7N4O3+. The van der Waals surface area contributed by atoms with Crippen LogP contribution < -0.4 is 26.3 Å². The smallest absolute Gasteiger partial charge is 0.446 e. The fraction of sp³-hybridized carbons (Fsp3) is 0.190. The molecule has 0 bridgehead atoms. The van der Waals surface area contributed by atoms with Crippen molar-refractivity contribution in [3.63, 3.8) is 0 Å². The Morgan fingerprint density at radius 2 is 1.54 bits per heavy atom. The first kappa shape index (κ1) is 24.0. The maximum absolute atomic E-state index is 14.4. The van der Waals surface area contributed by atoms with Gasteiger partial charge in [0.2, 0.25) is 5.82 Å². The Labute approximate surface area is 190 Å². The van der Waals surface area contributed by atoms with Gasteiger partial charge in [-0.15, -0.1) is 0 Å². The summed E-state index contributed by atoms with van der Waals surface area (Å²) in [4.78, 5) is 28.0. The second-order valence-corrected chi connectivity index (χ2v) is 7.37. The van der Waals surface area contributed by atoms with Crippen molar-refractivity contribution in [2.45, 2.75) is 17.9 Å². The van der Waals surface area contributed by atoms with Crippen LogP contribution in [0.4, 0.5) is 36.6 Å². The van der Waals surface area contributed by atoms with Crippen LogP contribution >= 0.6 is 0 Å². The zero-order chi connectivity index (χ0) is 25.8. The van der Waals surface area contributed by atoms with E-state index >= 15 is 0 Å². The average Bonchev–Trinajstić information content (AvgIpc) is 2.77. The number of nitrogens with one attached hydrogen (secondary N) is 3. The molecule has 0 saturated carbocycles. The van der Waals surface area contributed by atoms with Crippen LogP contribution in [0, 0.1) is 5.82 Å². The molecular weight excluding hydrogens is 489 g/mol. The largest absolute Gasteiger partial charge is 0.497 e. The van der Waals surface area contributed by atoms with E-state index in [1.807, 2.05) is 0 Å². The second kappa shape index (κ2) is 7.99.